The number of benzene rings is 3. The molecule has 0 atom stereocenters. The maximum atomic E-state index is 4.40. The molecule has 39 heavy (non-hydrogen) atoms. The molecule has 0 spiro atoms. The molecule has 2 heteroatoms. The van der Waals surface area contributed by atoms with Crippen LogP contribution >= 0.6 is 0 Å². The average Bonchev–Trinajstić information content (AvgIpc) is 3.01. The molecule has 0 aliphatic heterocycles. The molecule has 0 saturated carbocycles. The fraction of sp³-hybridized carbons (Fsp3) is 0.0811. The van der Waals surface area contributed by atoms with Crippen molar-refractivity contribution in [2.24, 2.45) is 0 Å². The van der Waals surface area contributed by atoms with E-state index in [1.807, 2.05) is 24.5 Å². The van der Waals surface area contributed by atoms with Gasteiger partial charge in [0.25, 0.3) is 0 Å². The molecule has 0 saturated heterocycles. The molecule has 0 fully saturated rings. The highest BCUT2D eigenvalue weighted by Gasteiger charge is 2.09. The zero-order valence-corrected chi connectivity index (χ0v) is 22.7. The normalized spacial score (nSPS) is 12.8. The van der Waals surface area contributed by atoms with Gasteiger partial charge in [0.1, 0.15) is 0 Å². The highest BCUT2D eigenvalue weighted by molar-refractivity contribution is 5.83. The lowest BCUT2D eigenvalue weighted by atomic mass is 9.92. The Balaban J connectivity index is 1.56. The van der Waals surface area contributed by atoms with Crippen molar-refractivity contribution in [2.45, 2.75) is 20.8 Å². The first-order valence-electron chi connectivity index (χ1n) is 13.2. The molecule has 2 heterocycles. The number of pyridine rings is 2. The SMILES string of the molecule is C=C(C=C(C)c1cccc(-c2cc(-c3cccnc3)cc(-c3cccnc3)c2)c1)C(C)=c1ccccc1=CC. The Hall–Kier alpha value is -4.82. The maximum absolute atomic E-state index is 4.40. The second-order valence-corrected chi connectivity index (χ2v) is 9.72. The van der Waals surface area contributed by atoms with Gasteiger partial charge in [0.2, 0.25) is 0 Å². The van der Waals surface area contributed by atoms with Gasteiger partial charge < -0.3 is 0 Å². The lowest BCUT2D eigenvalue weighted by Crippen LogP contribution is -2.25. The van der Waals surface area contributed by atoms with Crippen LogP contribution in [0.4, 0.5) is 0 Å². The summed E-state index contributed by atoms with van der Waals surface area (Å²) in [6, 6.07) is 32.0. The van der Waals surface area contributed by atoms with E-state index in [0.29, 0.717) is 0 Å². The van der Waals surface area contributed by atoms with E-state index in [0.717, 1.165) is 39.0 Å². The molecule has 190 valence electrons. The summed E-state index contributed by atoms with van der Waals surface area (Å²) in [4.78, 5) is 8.69. The average molecular weight is 505 g/mol. The number of aromatic nitrogens is 2. The summed E-state index contributed by atoms with van der Waals surface area (Å²) < 4.78 is 0. The smallest absolute Gasteiger partial charge is 0.0346 e. The minimum Gasteiger partial charge on any atom is -0.264 e. The van der Waals surface area contributed by atoms with Crippen molar-refractivity contribution in [3.8, 4) is 33.4 Å². The van der Waals surface area contributed by atoms with E-state index in [4.69, 9.17) is 0 Å². The first-order chi connectivity index (χ1) is 19.0. The zero-order valence-electron chi connectivity index (χ0n) is 22.7. The lowest BCUT2D eigenvalue weighted by Gasteiger charge is -2.12. The summed E-state index contributed by atoms with van der Waals surface area (Å²) in [7, 11) is 0. The molecular weight excluding hydrogens is 472 g/mol. The molecule has 5 aromatic rings. The van der Waals surface area contributed by atoms with Crippen molar-refractivity contribution in [3.05, 3.63) is 150 Å². The lowest BCUT2D eigenvalue weighted by molar-refractivity contribution is 1.32. The number of hydrogen-bond acceptors (Lipinski definition) is 2. The van der Waals surface area contributed by atoms with Crippen molar-refractivity contribution in [1.82, 2.24) is 9.97 Å². The number of rotatable bonds is 6. The number of nitrogens with zero attached hydrogens (tertiary/aromatic N) is 2. The summed E-state index contributed by atoms with van der Waals surface area (Å²) in [6.45, 7) is 10.8. The van der Waals surface area contributed by atoms with Gasteiger partial charge in [-0.15, -0.1) is 0 Å². The number of allylic oxidation sites excluding steroid dienone is 3. The van der Waals surface area contributed by atoms with Crippen molar-refractivity contribution in [3.63, 3.8) is 0 Å². The Bertz CT molecular complexity index is 1720. The van der Waals surface area contributed by atoms with Gasteiger partial charge in [-0.3, -0.25) is 9.97 Å². The van der Waals surface area contributed by atoms with E-state index in [9.17, 15) is 0 Å². The Morgan fingerprint density at radius 2 is 1.23 bits per heavy atom. The molecule has 0 radical (unpaired) electrons. The van der Waals surface area contributed by atoms with E-state index in [1.54, 1.807) is 12.4 Å². The van der Waals surface area contributed by atoms with Crippen LogP contribution in [0.3, 0.4) is 0 Å². The predicted molar refractivity (Wildman–Crippen MR) is 166 cm³/mol. The third-order valence-corrected chi connectivity index (χ3v) is 7.12. The van der Waals surface area contributed by atoms with Gasteiger partial charge in [-0.1, -0.05) is 73.3 Å². The third kappa shape index (κ3) is 5.86. The Morgan fingerprint density at radius 3 is 1.82 bits per heavy atom. The van der Waals surface area contributed by atoms with Crippen LogP contribution in [0.25, 0.3) is 50.6 Å². The topological polar surface area (TPSA) is 25.8 Å². The standard InChI is InChI=1S/C37H32N2/c1-5-29-11-6-7-16-37(29)28(4)26(2)19-27(3)30-12-8-13-31(20-30)34-21-35(32-14-9-17-38-24-32)23-36(22-34)33-15-10-18-39-25-33/h5-25H,2H2,1,3-4H3. The van der Waals surface area contributed by atoms with Gasteiger partial charge in [0, 0.05) is 35.9 Å². The fourth-order valence-electron chi connectivity index (χ4n) is 4.85. The fourth-order valence-corrected chi connectivity index (χ4v) is 4.85. The van der Waals surface area contributed by atoms with Crippen molar-refractivity contribution in [1.29, 1.82) is 0 Å². The molecule has 0 aliphatic carbocycles. The van der Waals surface area contributed by atoms with E-state index in [1.165, 1.54) is 27.1 Å². The molecule has 2 aromatic heterocycles. The minimum atomic E-state index is 1.02. The van der Waals surface area contributed by atoms with Gasteiger partial charge in [0.05, 0.1) is 0 Å². The van der Waals surface area contributed by atoms with Crippen LogP contribution in [0, 0.1) is 0 Å². The van der Waals surface area contributed by atoms with Gasteiger partial charge in [-0.2, -0.15) is 0 Å². The Morgan fingerprint density at radius 1 is 0.641 bits per heavy atom. The van der Waals surface area contributed by atoms with Crippen LogP contribution in [0.5, 0.6) is 0 Å². The highest BCUT2D eigenvalue weighted by atomic mass is 14.6. The maximum Gasteiger partial charge on any atom is 0.0346 e. The zero-order chi connectivity index (χ0) is 27.2. The molecule has 0 bridgehead atoms. The summed E-state index contributed by atoms with van der Waals surface area (Å²) in [5.41, 5.74) is 11.3. The van der Waals surface area contributed by atoms with Crippen LogP contribution in [0.2, 0.25) is 0 Å². The second kappa shape index (κ2) is 11.7. The summed E-state index contributed by atoms with van der Waals surface area (Å²) in [5, 5.41) is 2.44. The molecule has 0 unspecified atom stereocenters. The van der Waals surface area contributed by atoms with Crippen molar-refractivity contribution in [2.75, 3.05) is 0 Å². The molecule has 0 amide bonds. The molecule has 0 N–H and O–H groups in total. The van der Waals surface area contributed by atoms with Gasteiger partial charge in [-0.25, -0.2) is 0 Å². The molecule has 2 nitrogen and oxygen atoms in total. The first-order valence-corrected chi connectivity index (χ1v) is 13.2. The highest BCUT2D eigenvalue weighted by Crippen LogP contribution is 2.33. The summed E-state index contributed by atoms with van der Waals surface area (Å²) in [5.74, 6) is 0. The van der Waals surface area contributed by atoms with E-state index in [2.05, 4.69) is 128 Å². The van der Waals surface area contributed by atoms with Gasteiger partial charge in [0.15, 0.2) is 0 Å². The number of hydrogen-bond donors (Lipinski definition) is 0. The van der Waals surface area contributed by atoms with Crippen LogP contribution < -0.4 is 10.4 Å². The molecule has 5 rings (SSSR count). The van der Waals surface area contributed by atoms with Gasteiger partial charge >= 0.3 is 0 Å². The molecule has 0 aliphatic rings. The minimum absolute atomic E-state index is 1.02. The molecule has 3 aromatic carbocycles. The van der Waals surface area contributed by atoms with Crippen molar-refractivity contribution < 1.29 is 0 Å². The summed E-state index contributed by atoms with van der Waals surface area (Å²) in [6.07, 6.45) is 11.8. The first kappa shape index (κ1) is 25.8. The van der Waals surface area contributed by atoms with Crippen LogP contribution in [-0.2, 0) is 0 Å². The monoisotopic (exact) mass is 504 g/mol. The largest absolute Gasteiger partial charge is 0.264 e. The molecular formula is C37H32N2. The predicted octanol–water partition coefficient (Wildman–Crippen LogP) is 8.11. The Kier molecular flexibility index (Phi) is 7.75. The summed E-state index contributed by atoms with van der Waals surface area (Å²) >= 11 is 0. The Labute approximate surface area is 231 Å². The van der Waals surface area contributed by atoms with E-state index < -0.39 is 0 Å². The van der Waals surface area contributed by atoms with Gasteiger partial charge in [-0.05, 0) is 112 Å². The second-order valence-electron chi connectivity index (χ2n) is 9.72. The van der Waals surface area contributed by atoms with Crippen LogP contribution in [0.15, 0.2) is 134 Å². The van der Waals surface area contributed by atoms with Crippen molar-refractivity contribution >= 4 is 17.2 Å². The van der Waals surface area contributed by atoms with E-state index in [-0.39, 0.29) is 0 Å². The van der Waals surface area contributed by atoms with Crippen LogP contribution in [0.1, 0.15) is 26.3 Å². The van der Waals surface area contributed by atoms with Crippen LogP contribution in [-0.4, -0.2) is 9.97 Å². The van der Waals surface area contributed by atoms with E-state index >= 15 is 0 Å². The quantitative estimate of drug-likeness (QED) is 0.218. The third-order valence-electron chi connectivity index (χ3n) is 7.12.